The maximum atomic E-state index is 12.6. The molecule has 174 valence electrons. The monoisotopic (exact) mass is 550 g/mol. The minimum Gasteiger partial charge on any atom is -0.494 e. The molecular weight excluding hydrogens is 515 g/mol. The Kier molecular flexibility index (Phi) is 10.8. The summed E-state index contributed by atoms with van der Waals surface area (Å²) >= 11 is 0. The van der Waals surface area contributed by atoms with E-state index in [1.54, 1.807) is 7.05 Å². The van der Waals surface area contributed by atoms with Gasteiger partial charge in [-0.05, 0) is 49.4 Å². The normalized spacial score (nSPS) is 13.1. The average molecular weight is 550 g/mol. The second-order valence-electron chi connectivity index (χ2n) is 7.83. The van der Waals surface area contributed by atoms with E-state index in [1.807, 2.05) is 17.9 Å². The zero-order valence-corrected chi connectivity index (χ0v) is 21.6. The van der Waals surface area contributed by atoms with Crippen molar-refractivity contribution >= 4 is 35.8 Å². The molecule has 2 aromatic rings. The number of guanidine groups is 1. The largest absolute Gasteiger partial charge is 0.494 e. The SMILES string of the molecule is CCOc1cc(C)ccc1CNC(=NC)NCCCC(=O)N1CCc2ccccc2C1.I. The summed E-state index contributed by atoms with van der Waals surface area (Å²) < 4.78 is 5.75. The molecule has 1 heterocycles. The summed E-state index contributed by atoms with van der Waals surface area (Å²) in [5.74, 6) is 1.85. The molecule has 1 aliphatic rings. The van der Waals surface area contributed by atoms with Crippen molar-refractivity contribution in [1.82, 2.24) is 15.5 Å². The third-order valence-corrected chi connectivity index (χ3v) is 5.54. The number of ether oxygens (including phenoxy) is 1. The van der Waals surface area contributed by atoms with E-state index in [9.17, 15) is 4.79 Å². The number of halogens is 1. The van der Waals surface area contributed by atoms with Crippen LogP contribution in [0, 0.1) is 6.92 Å². The zero-order valence-electron chi connectivity index (χ0n) is 19.3. The van der Waals surface area contributed by atoms with Crippen molar-refractivity contribution in [3.63, 3.8) is 0 Å². The molecule has 0 unspecified atom stereocenters. The summed E-state index contributed by atoms with van der Waals surface area (Å²) in [5.41, 5.74) is 4.91. The number of hydrogen-bond donors (Lipinski definition) is 2. The fourth-order valence-corrected chi connectivity index (χ4v) is 3.81. The Hall–Kier alpha value is -2.29. The van der Waals surface area contributed by atoms with Crippen molar-refractivity contribution in [2.24, 2.45) is 4.99 Å². The van der Waals surface area contributed by atoms with Crippen molar-refractivity contribution in [2.45, 2.75) is 46.2 Å². The third-order valence-electron chi connectivity index (χ3n) is 5.54. The molecule has 0 radical (unpaired) electrons. The Morgan fingerprint density at radius 2 is 1.94 bits per heavy atom. The highest BCUT2D eigenvalue weighted by Gasteiger charge is 2.19. The van der Waals surface area contributed by atoms with Gasteiger partial charge >= 0.3 is 0 Å². The molecule has 2 N–H and O–H groups in total. The Morgan fingerprint density at radius 3 is 2.69 bits per heavy atom. The first-order valence-electron chi connectivity index (χ1n) is 11.1. The topological polar surface area (TPSA) is 66.0 Å². The van der Waals surface area contributed by atoms with E-state index in [2.05, 4.69) is 58.9 Å². The fraction of sp³-hybridized carbons (Fsp3) is 0.440. The Morgan fingerprint density at radius 1 is 1.16 bits per heavy atom. The van der Waals surface area contributed by atoms with Gasteiger partial charge in [-0.1, -0.05) is 36.4 Å². The Labute approximate surface area is 208 Å². The molecule has 2 aromatic carbocycles. The Balaban J connectivity index is 0.00000363. The minimum absolute atomic E-state index is 0. The first-order chi connectivity index (χ1) is 15.1. The molecule has 0 spiro atoms. The second kappa shape index (κ2) is 13.3. The third kappa shape index (κ3) is 7.39. The van der Waals surface area contributed by atoms with Crippen LogP contribution in [-0.4, -0.2) is 43.5 Å². The molecule has 6 nitrogen and oxygen atoms in total. The molecule has 0 atom stereocenters. The maximum absolute atomic E-state index is 12.6. The van der Waals surface area contributed by atoms with Gasteiger partial charge in [0.2, 0.25) is 5.91 Å². The van der Waals surface area contributed by atoms with Gasteiger partial charge < -0.3 is 20.3 Å². The number of fused-ring (bicyclic) bond motifs is 1. The lowest BCUT2D eigenvalue weighted by Crippen LogP contribution is -2.38. The molecule has 32 heavy (non-hydrogen) atoms. The van der Waals surface area contributed by atoms with Crippen LogP contribution in [0.5, 0.6) is 5.75 Å². The van der Waals surface area contributed by atoms with E-state index in [1.165, 1.54) is 16.7 Å². The van der Waals surface area contributed by atoms with Gasteiger partial charge in [-0.15, -0.1) is 24.0 Å². The van der Waals surface area contributed by atoms with Crippen LogP contribution in [0.1, 0.15) is 42.0 Å². The second-order valence-corrected chi connectivity index (χ2v) is 7.83. The van der Waals surface area contributed by atoms with Crippen LogP contribution >= 0.6 is 24.0 Å². The first kappa shape index (κ1) is 26.0. The van der Waals surface area contributed by atoms with Crippen molar-refractivity contribution in [1.29, 1.82) is 0 Å². The lowest BCUT2D eigenvalue weighted by Gasteiger charge is -2.29. The molecule has 0 saturated carbocycles. The number of hydrogen-bond acceptors (Lipinski definition) is 3. The summed E-state index contributed by atoms with van der Waals surface area (Å²) in [6.07, 6.45) is 2.25. The van der Waals surface area contributed by atoms with E-state index in [0.29, 0.717) is 26.1 Å². The zero-order chi connectivity index (χ0) is 22.1. The number of benzene rings is 2. The van der Waals surface area contributed by atoms with Gasteiger partial charge in [-0.3, -0.25) is 9.79 Å². The predicted molar refractivity (Wildman–Crippen MR) is 141 cm³/mol. The van der Waals surface area contributed by atoms with Crippen molar-refractivity contribution < 1.29 is 9.53 Å². The summed E-state index contributed by atoms with van der Waals surface area (Å²) in [4.78, 5) is 18.9. The number of carbonyl (C=O) groups is 1. The van der Waals surface area contributed by atoms with Crippen molar-refractivity contribution in [3.05, 3.63) is 64.7 Å². The van der Waals surface area contributed by atoms with Crippen LogP contribution in [0.3, 0.4) is 0 Å². The number of rotatable bonds is 8. The number of nitrogens with zero attached hydrogens (tertiary/aromatic N) is 2. The van der Waals surface area contributed by atoms with Crippen LogP contribution in [-0.2, 0) is 24.3 Å². The Bertz CT molecular complexity index is 917. The van der Waals surface area contributed by atoms with Crippen LogP contribution in [0.4, 0.5) is 0 Å². The first-order valence-corrected chi connectivity index (χ1v) is 11.1. The van der Waals surface area contributed by atoms with Crippen molar-refractivity contribution in [3.8, 4) is 5.75 Å². The fourth-order valence-electron chi connectivity index (χ4n) is 3.81. The van der Waals surface area contributed by atoms with E-state index < -0.39 is 0 Å². The molecule has 1 aliphatic heterocycles. The van der Waals surface area contributed by atoms with Crippen molar-refractivity contribution in [2.75, 3.05) is 26.7 Å². The molecule has 0 aliphatic carbocycles. The highest BCUT2D eigenvalue weighted by molar-refractivity contribution is 14.0. The summed E-state index contributed by atoms with van der Waals surface area (Å²) in [5, 5.41) is 6.63. The highest BCUT2D eigenvalue weighted by atomic mass is 127. The molecular formula is C25H35IN4O2. The van der Waals surface area contributed by atoms with E-state index in [4.69, 9.17) is 4.74 Å². The number of amides is 1. The number of aryl methyl sites for hydroxylation is 1. The van der Waals surface area contributed by atoms with Gasteiger partial charge in [0.05, 0.1) is 6.61 Å². The predicted octanol–water partition coefficient (Wildman–Crippen LogP) is 4.04. The molecule has 1 amide bonds. The molecule has 3 rings (SSSR count). The average Bonchev–Trinajstić information content (AvgIpc) is 2.79. The summed E-state index contributed by atoms with van der Waals surface area (Å²) in [6.45, 7) is 7.55. The molecule has 0 fully saturated rings. The van der Waals surface area contributed by atoms with Gasteiger partial charge in [0.15, 0.2) is 5.96 Å². The van der Waals surface area contributed by atoms with Gasteiger partial charge in [-0.25, -0.2) is 0 Å². The van der Waals surface area contributed by atoms with Crippen LogP contribution in [0.2, 0.25) is 0 Å². The maximum Gasteiger partial charge on any atom is 0.222 e. The number of nitrogens with one attached hydrogen (secondary N) is 2. The lowest BCUT2D eigenvalue weighted by molar-refractivity contribution is -0.132. The van der Waals surface area contributed by atoms with Crippen LogP contribution in [0.25, 0.3) is 0 Å². The molecule has 0 saturated heterocycles. The van der Waals surface area contributed by atoms with Gasteiger partial charge in [0, 0.05) is 45.2 Å². The van der Waals surface area contributed by atoms with E-state index in [-0.39, 0.29) is 29.9 Å². The number of aliphatic imine (C=N–C) groups is 1. The number of carbonyl (C=O) groups excluding carboxylic acids is 1. The molecule has 7 heteroatoms. The summed E-state index contributed by atoms with van der Waals surface area (Å²) in [7, 11) is 1.75. The summed E-state index contributed by atoms with van der Waals surface area (Å²) in [6, 6.07) is 14.6. The van der Waals surface area contributed by atoms with Crippen LogP contribution in [0.15, 0.2) is 47.5 Å². The minimum atomic E-state index is 0. The highest BCUT2D eigenvalue weighted by Crippen LogP contribution is 2.20. The van der Waals surface area contributed by atoms with Crippen LogP contribution < -0.4 is 15.4 Å². The molecule has 0 bridgehead atoms. The van der Waals surface area contributed by atoms with E-state index in [0.717, 1.165) is 43.2 Å². The quantitative estimate of drug-likeness (QED) is 0.226. The van der Waals surface area contributed by atoms with Gasteiger partial charge in [0.1, 0.15) is 5.75 Å². The smallest absolute Gasteiger partial charge is 0.222 e. The van der Waals surface area contributed by atoms with E-state index >= 15 is 0 Å². The molecule has 0 aromatic heterocycles. The lowest BCUT2D eigenvalue weighted by atomic mass is 9.99. The van der Waals surface area contributed by atoms with Gasteiger partial charge in [-0.2, -0.15) is 0 Å². The van der Waals surface area contributed by atoms with Gasteiger partial charge in [0.25, 0.3) is 0 Å². The standard InChI is InChI=1S/C25H34N4O2.HI/c1-4-31-23-16-19(2)11-12-21(23)17-28-25(26-3)27-14-7-10-24(30)29-15-13-20-8-5-6-9-22(20)18-29;/h5-6,8-9,11-12,16H,4,7,10,13-15,17-18H2,1-3H3,(H2,26,27,28);1H.